The van der Waals surface area contributed by atoms with E-state index in [0.29, 0.717) is 12.4 Å². The number of pyridine rings is 1. The van der Waals surface area contributed by atoms with Crippen LogP contribution in [0.2, 0.25) is 0 Å². The van der Waals surface area contributed by atoms with Gasteiger partial charge in [-0.3, -0.25) is 9.69 Å². The molecule has 0 bridgehead atoms. The van der Waals surface area contributed by atoms with Gasteiger partial charge in [0.25, 0.3) is 0 Å². The molecule has 1 amide bonds. The number of amides is 1. The van der Waals surface area contributed by atoms with Gasteiger partial charge < -0.3 is 10.1 Å². The molecule has 0 aliphatic carbocycles. The van der Waals surface area contributed by atoms with Gasteiger partial charge in [-0.1, -0.05) is 0 Å². The predicted molar refractivity (Wildman–Crippen MR) is 75.8 cm³/mol. The molecule has 0 aromatic carbocycles. The molecule has 0 spiro atoms. The van der Waals surface area contributed by atoms with Crippen molar-refractivity contribution in [2.75, 3.05) is 25.0 Å². The summed E-state index contributed by atoms with van der Waals surface area (Å²) in [5, 5.41) is 2.76. The number of nitrogens with one attached hydrogen (secondary N) is 1. The summed E-state index contributed by atoms with van der Waals surface area (Å²) in [5.41, 5.74) is 0. The number of anilines is 1. The summed E-state index contributed by atoms with van der Waals surface area (Å²) in [4.78, 5) is 28.6. The van der Waals surface area contributed by atoms with E-state index in [0.717, 1.165) is 36.7 Å². The number of aromatic nitrogens is 1. The number of aldehydes is 1. The molecular weight excluding hydrogens is 310 g/mol. The number of piperidine rings is 1. The largest absolute Gasteiger partial charge is 0.310 e. The fourth-order valence-corrected chi connectivity index (χ4v) is 2.32. The van der Waals surface area contributed by atoms with Gasteiger partial charge in [0, 0.05) is 16.6 Å². The molecule has 2 rings (SSSR count). The van der Waals surface area contributed by atoms with Gasteiger partial charge in [0.2, 0.25) is 5.91 Å². The Morgan fingerprint density at radius 3 is 2.79 bits per heavy atom. The van der Waals surface area contributed by atoms with E-state index in [9.17, 15) is 9.59 Å². The van der Waals surface area contributed by atoms with E-state index in [1.54, 1.807) is 12.3 Å². The van der Waals surface area contributed by atoms with Crippen LogP contribution in [-0.4, -0.2) is 41.7 Å². The SMILES string of the molecule is O=CC1CCN(CC(=O)Nc2ccc(Br)cn2)CC1. The minimum atomic E-state index is -0.0700. The molecule has 1 aromatic heterocycles. The van der Waals surface area contributed by atoms with Gasteiger partial charge in [0.05, 0.1) is 6.54 Å². The Balaban J connectivity index is 1.78. The lowest BCUT2D eigenvalue weighted by atomic mass is 9.99. The van der Waals surface area contributed by atoms with Gasteiger partial charge in [-0.25, -0.2) is 4.98 Å². The Hall–Kier alpha value is -1.27. The second-order valence-electron chi connectivity index (χ2n) is 4.66. The lowest BCUT2D eigenvalue weighted by Crippen LogP contribution is -2.39. The zero-order valence-corrected chi connectivity index (χ0v) is 12.1. The van der Waals surface area contributed by atoms with Crippen LogP contribution in [0.3, 0.4) is 0 Å². The third-order valence-corrected chi connectivity index (χ3v) is 3.66. The van der Waals surface area contributed by atoms with E-state index in [-0.39, 0.29) is 11.8 Å². The number of hydrogen-bond acceptors (Lipinski definition) is 4. The van der Waals surface area contributed by atoms with Crippen molar-refractivity contribution in [1.29, 1.82) is 0 Å². The van der Waals surface area contributed by atoms with E-state index >= 15 is 0 Å². The Labute approximate surface area is 120 Å². The highest BCUT2D eigenvalue weighted by atomic mass is 79.9. The molecule has 5 nitrogen and oxygen atoms in total. The van der Waals surface area contributed by atoms with Gasteiger partial charge in [0.1, 0.15) is 12.1 Å². The fraction of sp³-hybridized carbons (Fsp3) is 0.462. The monoisotopic (exact) mass is 325 g/mol. The van der Waals surface area contributed by atoms with Crippen LogP contribution in [0.4, 0.5) is 5.82 Å². The minimum absolute atomic E-state index is 0.0700. The maximum absolute atomic E-state index is 11.8. The van der Waals surface area contributed by atoms with E-state index in [1.807, 2.05) is 6.07 Å². The molecule has 6 heteroatoms. The Morgan fingerprint density at radius 1 is 1.47 bits per heavy atom. The summed E-state index contributed by atoms with van der Waals surface area (Å²) >= 11 is 3.29. The third-order valence-electron chi connectivity index (χ3n) is 3.19. The molecular formula is C13H16BrN3O2. The van der Waals surface area contributed by atoms with E-state index in [4.69, 9.17) is 0 Å². The number of rotatable bonds is 4. The summed E-state index contributed by atoms with van der Waals surface area (Å²) in [6.07, 6.45) is 4.34. The topological polar surface area (TPSA) is 62.3 Å². The quantitative estimate of drug-likeness (QED) is 0.856. The van der Waals surface area contributed by atoms with Crippen LogP contribution in [0, 0.1) is 5.92 Å². The molecule has 1 aliphatic rings. The second-order valence-corrected chi connectivity index (χ2v) is 5.58. The molecule has 1 aliphatic heterocycles. The molecule has 0 saturated carbocycles. The van der Waals surface area contributed by atoms with Crippen molar-refractivity contribution in [1.82, 2.24) is 9.88 Å². The molecule has 0 unspecified atom stereocenters. The highest BCUT2D eigenvalue weighted by molar-refractivity contribution is 9.10. The highest BCUT2D eigenvalue weighted by Crippen LogP contribution is 2.15. The molecule has 1 N–H and O–H groups in total. The maximum atomic E-state index is 11.8. The molecule has 19 heavy (non-hydrogen) atoms. The summed E-state index contributed by atoms with van der Waals surface area (Å²) in [6.45, 7) is 1.94. The van der Waals surface area contributed by atoms with Gasteiger partial charge in [-0.2, -0.15) is 0 Å². The van der Waals surface area contributed by atoms with Crippen LogP contribution in [0.25, 0.3) is 0 Å². The van der Waals surface area contributed by atoms with E-state index in [1.165, 1.54) is 0 Å². The second kappa shape index (κ2) is 6.77. The van der Waals surface area contributed by atoms with Gasteiger partial charge in [-0.15, -0.1) is 0 Å². The van der Waals surface area contributed by atoms with Crippen molar-refractivity contribution in [2.24, 2.45) is 5.92 Å². The lowest BCUT2D eigenvalue weighted by molar-refractivity contribution is -0.117. The Morgan fingerprint density at radius 2 is 2.21 bits per heavy atom. The van der Waals surface area contributed by atoms with Gasteiger partial charge >= 0.3 is 0 Å². The lowest BCUT2D eigenvalue weighted by Gasteiger charge is -2.28. The molecule has 1 saturated heterocycles. The van der Waals surface area contributed by atoms with Crippen LogP contribution >= 0.6 is 15.9 Å². The van der Waals surface area contributed by atoms with Gasteiger partial charge in [-0.05, 0) is 54.0 Å². The summed E-state index contributed by atoms with van der Waals surface area (Å²) in [6, 6.07) is 3.58. The zero-order chi connectivity index (χ0) is 13.7. The highest BCUT2D eigenvalue weighted by Gasteiger charge is 2.20. The first-order chi connectivity index (χ1) is 9.17. The number of carbonyl (C=O) groups excluding carboxylic acids is 2. The van der Waals surface area contributed by atoms with E-state index < -0.39 is 0 Å². The normalized spacial score (nSPS) is 17.1. The van der Waals surface area contributed by atoms with Crippen molar-refractivity contribution in [2.45, 2.75) is 12.8 Å². The van der Waals surface area contributed by atoms with Crippen LogP contribution in [-0.2, 0) is 9.59 Å². The fourth-order valence-electron chi connectivity index (χ4n) is 2.08. The van der Waals surface area contributed by atoms with Crippen molar-refractivity contribution < 1.29 is 9.59 Å². The predicted octanol–water partition coefficient (Wildman–Crippen LogP) is 1.69. The smallest absolute Gasteiger partial charge is 0.239 e. The Kier molecular flexibility index (Phi) is 5.04. The summed E-state index contributed by atoms with van der Waals surface area (Å²) in [5.74, 6) is 0.641. The van der Waals surface area contributed by atoms with Crippen molar-refractivity contribution >= 4 is 33.9 Å². The zero-order valence-electron chi connectivity index (χ0n) is 10.5. The average molecular weight is 326 g/mol. The van der Waals surface area contributed by atoms with Crippen LogP contribution in [0.15, 0.2) is 22.8 Å². The number of likely N-dealkylation sites (tertiary alicyclic amines) is 1. The molecule has 102 valence electrons. The van der Waals surface area contributed by atoms with Crippen molar-refractivity contribution in [3.8, 4) is 0 Å². The molecule has 1 aromatic rings. The number of nitrogens with zero attached hydrogens (tertiary/aromatic N) is 2. The molecule has 2 heterocycles. The van der Waals surface area contributed by atoms with Crippen LogP contribution < -0.4 is 5.32 Å². The summed E-state index contributed by atoms with van der Waals surface area (Å²) < 4.78 is 0.876. The Bertz CT molecular complexity index is 442. The minimum Gasteiger partial charge on any atom is -0.310 e. The molecule has 0 atom stereocenters. The van der Waals surface area contributed by atoms with Crippen molar-refractivity contribution in [3.05, 3.63) is 22.8 Å². The number of halogens is 1. The van der Waals surface area contributed by atoms with E-state index in [2.05, 4.69) is 31.1 Å². The summed E-state index contributed by atoms with van der Waals surface area (Å²) in [7, 11) is 0. The maximum Gasteiger partial charge on any atom is 0.239 e. The molecule has 1 fully saturated rings. The number of hydrogen-bond donors (Lipinski definition) is 1. The molecule has 0 radical (unpaired) electrons. The van der Waals surface area contributed by atoms with Gasteiger partial charge in [0.15, 0.2) is 0 Å². The first kappa shape index (κ1) is 14.1. The first-order valence-electron chi connectivity index (χ1n) is 6.26. The average Bonchev–Trinajstić information content (AvgIpc) is 2.42. The van der Waals surface area contributed by atoms with Crippen molar-refractivity contribution in [3.63, 3.8) is 0 Å². The standard InChI is InChI=1S/C13H16BrN3O2/c14-11-1-2-12(15-7-11)16-13(19)8-17-5-3-10(9-18)4-6-17/h1-2,7,9-10H,3-6,8H2,(H,15,16,19). The number of carbonyl (C=O) groups is 2. The van der Waals surface area contributed by atoms with Crippen LogP contribution in [0.5, 0.6) is 0 Å². The first-order valence-corrected chi connectivity index (χ1v) is 7.06. The van der Waals surface area contributed by atoms with Crippen LogP contribution in [0.1, 0.15) is 12.8 Å². The third kappa shape index (κ3) is 4.40.